The van der Waals surface area contributed by atoms with Gasteiger partial charge in [-0.2, -0.15) is 0 Å². The van der Waals surface area contributed by atoms with Gasteiger partial charge in [-0.1, -0.05) is 30.3 Å². The zero-order chi connectivity index (χ0) is 13.4. The summed E-state index contributed by atoms with van der Waals surface area (Å²) in [4.78, 5) is 11.3. The van der Waals surface area contributed by atoms with Crippen LogP contribution in [0.15, 0.2) is 36.9 Å². The van der Waals surface area contributed by atoms with Gasteiger partial charge in [-0.05, 0) is 30.9 Å². The summed E-state index contributed by atoms with van der Waals surface area (Å²) in [5.74, 6) is -0.186. The molecule has 0 radical (unpaired) electrons. The molecule has 0 amide bonds. The molecule has 0 heterocycles. The zero-order valence-corrected chi connectivity index (χ0v) is 10.8. The molecule has 1 rings (SSSR count). The number of carbonyl (C=O) groups excluding carboxylic acids is 1. The summed E-state index contributed by atoms with van der Waals surface area (Å²) in [5, 5.41) is 9.84. The minimum absolute atomic E-state index is 0.186. The van der Waals surface area contributed by atoms with Gasteiger partial charge < -0.3 is 9.84 Å². The van der Waals surface area contributed by atoms with Crippen LogP contribution in [-0.2, 0) is 16.0 Å². The number of aliphatic hydroxyl groups is 1. The molecule has 98 valence electrons. The smallest absolute Gasteiger partial charge is 0.306 e. The van der Waals surface area contributed by atoms with Crippen molar-refractivity contribution in [2.24, 2.45) is 0 Å². The molecule has 3 heteroatoms. The first-order valence-corrected chi connectivity index (χ1v) is 6.20. The average Bonchev–Trinajstić information content (AvgIpc) is 2.37. The van der Waals surface area contributed by atoms with Crippen molar-refractivity contribution < 1.29 is 14.6 Å². The van der Waals surface area contributed by atoms with Gasteiger partial charge in [0.15, 0.2) is 0 Å². The number of hydrogen-bond donors (Lipinski definition) is 1. The number of hydrogen-bond acceptors (Lipinski definition) is 3. The highest BCUT2D eigenvalue weighted by atomic mass is 16.5. The maximum absolute atomic E-state index is 11.3. The van der Waals surface area contributed by atoms with Crippen LogP contribution in [0.5, 0.6) is 0 Å². The van der Waals surface area contributed by atoms with Crippen molar-refractivity contribution in [2.75, 3.05) is 6.61 Å². The normalized spacial score (nSPS) is 11.9. The Hall–Kier alpha value is -1.61. The summed E-state index contributed by atoms with van der Waals surface area (Å²) >= 11 is 0. The fourth-order valence-corrected chi connectivity index (χ4v) is 1.73. The maximum atomic E-state index is 11.3. The molecule has 0 saturated carbocycles. The van der Waals surface area contributed by atoms with Crippen LogP contribution in [-0.4, -0.2) is 17.7 Å². The van der Waals surface area contributed by atoms with Gasteiger partial charge in [0.05, 0.1) is 12.7 Å². The van der Waals surface area contributed by atoms with E-state index in [1.807, 2.05) is 24.3 Å². The van der Waals surface area contributed by atoms with Crippen molar-refractivity contribution in [1.29, 1.82) is 0 Å². The lowest BCUT2D eigenvalue weighted by Gasteiger charge is -2.10. The monoisotopic (exact) mass is 248 g/mol. The van der Waals surface area contributed by atoms with E-state index >= 15 is 0 Å². The lowest BCUT2D eigenvalue weighted by molar-refractivity contribution is -0.143. The minimum Gasteiger partial charge on any atom is -0.466 e. The fourth-order valence-electron chi connectivity index (χ4n) is 1.73. The third-order valence-electron chi connectivity index (χ3n) is 2.65. The predicted molar refractivity (Wildman–Crippen MR) is 71.2 cm³/mol. The van der Waals surface area contributed by atoms with Gasteiger partial charge in [-0.3, -0.25) is 4.79 Å². The minimum atomic E-state index is -0.523. The van der Waals surface area contributed by atoms with E-state index in [4.69, 9.17) is 4.74 Å². The van der Waals surface area contributed by atoms with E-state index in [0.29, 0.717) is 25.9 Å². The number of rotatable bonds is 7. The van der Waals surface area contributed by atoms with Crippen molar-refractivity contribution in [3.05, 3.63) is 48.0 Å². The summed E-state index contributed by atoms with van der Waals surface area (Å²) in [7, 11) is 0. The molecule has 3 nitrogen and oxygen atoms in total. The number of carbonyl (C=O) groups is 1. The van der Waals surface area contributed by atoms with Crippen molar-refractivity contribution in [3.63, 3.8) is 0 Å². The Morgan fingerprint density at radius 3 is 3.00 bits per heavy atom. The molecule has 1 unspecified atom stereocenters. The lowest BCUT2D eigenvalue weighted by atomic mass is 10.0. The van der Waals surface area contributed by atoms with Crippen LogP contribution in [0.2, 0.25) is 0 Å². The Morgan fingerprint density at radius 2 is 2.33 bits per heavy atom. The number of benzene rings is 1. The average molecular weight is 248 g/mol. The van der Waals surface area contributed by atoms with E-state index < -0.39 is 6.10 Å². The van der Waals surface area contributed by atoms with Crippen molar-refractivity contribution >= 4 is 5.97 Å². The first kappa shape index (κ1) is 14.5. The number of esters is 1. The van der Waals surface area contributed by atoms with Crippen LogP contribution in [0.1, 0.15) is 37.0 Å². The Bertz CT molecular complexity index is 398. The second-order valence-corrected chi connectivity index (χ2v) is 4.09. The number of ether oxygens (including phenoxy) is 1. The van der Waals surface area contributed by atoms with Gasteiger partial charge in [0, 0.05) is 6.42 Å². The van der Waals surface area contributed by atoms with Gasteiger partial charge in [0.25, 0.3) is 0 Å². The molecular formula is C15H20O3. The highest BCUT2D eigenvalue weighted by Gasteiger charge is 2.07. The highest BCUT2D eigenvalue weighted by Crippen LogP contribution is 2.18. The molecule has 0 aromatic heterocycles. The number of aliphatic hydroxyl groups excluding tert-OH is 1. The number of aryl methyl sites for hydroxylation is 1. The molecule has 0 saturated heterocycles. The van der Waals surface area contributed by atoms with Crippen molar-refractivity contribution in [2.45, 2.75) is 32.3 Å². The van der Waals surface area contributed by atoms with Crippen molar-refractivity contribution in [3.8, 4) is 0 Å². The summed E-state index contributed by atoms with van der Waals surface area (Å²) in [5.41, 5.74) is 1.89. The molecule has 1 aromatic carbocycles. The quantitative estimate of drug-likeness (QED) is 0.596. The molecule has 0 bridgehead atoms. The topological polar surface area (TPSA) is 46.5 Å². The van der Waals surface area contributed by atoms with E-state index in [-0.39, 0.29) is 5.97 Å². The van der Waals surface area contributed by atoms with Crippen LogP contribution in [0.25, 0.3) is 0 Å². The van der Waals surface area contributed by atoms with Gasteiger partial charge >= 0.3 is 5.97 Å². The molecule has 0 aliphatic carbocycles. The predicted octanol–water partition coefficient (Wildman–Crippen LogP) is 2.79. The molecular weight excluding hydrogens is 228 g/mol. The van der Waals surface area contributed by atoms with Crippen molar-refractivity contribution in [1.82, 2.24) is 0 Å². The second-order valence-electron chi connectivity index (χ2n) is 4.09. The van der Waals surface area contributed by atoms with E-state index in [1.165, 1.54) is 0 Å². The lowest BCUT2D eigenvalue weighted by Crippen LogP contribution is -2.05. The highest BCUT2D eigenvalue weighted by molar-refractivity contribution is 5.69. The molecule has 0 spiro atoms. The van der Waals surface area contributed by atoms with Gasteiger partial charge in [0.1, 0.15) is 0 Å². The Morgan fingerprint density at radius 1 is 1.56 bits per heavy atom. The van der Waals surface area contributed by atoms with E-state index in [1.54, 1.807) is 13.0 Å². The summed E-state index contributed by atoms with van der Waals surface area (Å²) in [6.45, 7) is 5.82. The summed E-state index contributed by atoms with van der Waals surface area (Å²) in [6, 6.07) is 7.64. The molecule has 0 fully saturated rings. The summed E-state index contributed by atoms with van der Waals surface area (Å²) in [6.07, 6.45) is 2.70. The maximum Gasteiger partial charge on any atom is 0.306 e. The zero-order valence-electron chi connectivity index (χ0n) is 10.8. The molecule has 0 aliphatic heterocycles. The SMILES string of the molecule is C=CCC(O)c1cccc(CCC(=O)OCC)c1. The summed E-state index contributed by atoms with van der Waals surface area (Å²) < 4.78 is 4.88. The standard InChI is InChI=1S/C15H20O3/c1-3-6-14(16)13-8-5-7-12(11-13)9-10-15(17)18-4-2/h3,5,7-8,11,14,16H,1,4,6,9-10H2,2H3. The third kappa shape index (κ3) is 4.72. The van der Waals surface area contributed by atoms with Crippen LogP contribution in [0, 0.1) is 0 Å². The molecule has 18 heavy (non-hydrogen) atoms. The fraction of sp³-hybridized carbons (Fsp3) is 0.400. The van der Waals surface area contributed by atoms with Crippen LogP contribution < -0.4 is 0 Å². The molecule has 1 aromatic rings. The Balaban J connectivity index is 2.59. The van der Waals surface area contributed by atoms with Gasteiger partial charge in [0.2, 0.25) is 0 Å². The molecule has 1 N–H and O–H groups in total. The van der Waals surface area contributed by atoms with Gasteiger partial charge in [-0.15, -0.1) is 6.58 Å². The van der Waals surface area contributed by atoms with Crippen LogP contribution in [0.3, 0.4) is 0 Å². The van der Waals surface area contributed by atoms with E-state index in [0.717, 1.165) is 11.1 Å². The second kappa shape index (κ2) is 7.67. The van der Waals surface area contributed by atoms with Gasteiger partial charge in [-0.25, -0.2) is 0 Å². The van der Waals surface area contributed by atoms with E-state index in [9.17, 15) is 9.90 Å². The van der Waals surface area contributed by atoms with Crippen LogP contribution in [0.4, 0.5) is 0 Å². The van der Waals surface area contributed by atoms with Crippen LogP contribution >= 0.6 is 0 Å². The molecule has 0 aliphatic rings. The first-order chi connectivity index (χ1) is 8.67. The Kier molecular flexibility index (Phi) is 6.15. The third-order valence-corrected chi connectivity index (χ3v) is 2.65. The Labute approximate surface area is 108 Å². The molecule has 1 atom stereocenters. The largest absolute Gasteiger partial charge is 0.466 e. The van der Waals surface area contributed by atoms with E-state index in [2.05, 4.69) is 6.58 Å². The first-order valence-electron chi connectivity index (χ1n) is 6.20.